The van der Waals surface area contributed by atoms with Crippen molar-refractivity contribution in [2.24, 2.45) is 0 Å². The molecule has 1 rings (SSSR count). The first kappa shape index (κ1) is 52.7. The van der Waals surface area contributed by atoms with Gasteiger partial charge in [-0.15, -0.1) is 0 Å². The van der Waals surface area contributed by atoms with Crippen molar-refractivity contribution in [3.63, 3.8) is 0 Å². The van der Waals surface area contributed by atoms with Crippen LogP contribution >= 0.6 is 0 Å². The van der Waals surface area contributed by atoms with Crippen LogP contribution in [0.4, 0.5) is 0 Å². The fourth-order valence-electron chi connectivity index (χ4n) is 6.55. The van der Waals surface area contributed by atoms with E-state index < -0.39 is 55.4 Å². The first-order valence-corrected chi connectivity index (χ1v) is 22.7. The van der Waals surface area contributed by atoms with Gasteiger partial charge in [-0.3, -0.25) is 9.59 Å². The molecule has 10 heteroatoms. The SMILES string of the molecule is CCCCC/C=C/C/C=C/CCCCCCCC(=O)O[C@@H](COC(=O)CCC/C=C/C/C=C/CCCCCCCCCCC)CO[C@H]1O[C@@H](CO)[C@@H](O)C(O)C1O. The lowest BCUT2D eigenvalue weighted by Crippen LogP contribution is -2.59. The number of hydrogen-bond acceptors (Lipinski definition) is 10. The second kappa shape index (κ2) is 37.9. The van der Waals surface area contributed by atoms with E-state index in [1.807, 2.05) is 0 Å². The molecule has 6 atom stereocenters. The summed E-state index contributed by atoms with van der Waals surface area (Å²) in [5.74, 6) is -0.877. The Morgan fingerprint density at radius 3 is 1.54 bits per heavy atom. The number of unbranched alkanes of at least 4 members (excludes halogenated alkanes) is 18. The quantitative estimate of drug-likeness (QED) is 0.0271. The first-order valence-electron chi connectivity index (χ1n) is 22.7. The fraction of sp³-hybridized carbons (Fsp3) is 0.787. The number of aliphatic hydroxyl groups is 4. The third-order valence-electron chi connectivity index (χ3n) is 10.2. The van der Waals surface area contributed by atoms with E-state index in [1.165, 1.54) is 77.0 Å². The Hall–Kier alpha value is -2.34. The molecule has 1 heterocycles. The molecule has 0 saturated carbocycles. The van der Waals surface area contributed by atoms with Gasteiger partial charge in [0.05, 0.1) is 13.2 Å². The monoisotopic (exact) mass is 807 g/mol. The van der Waals surface area contributed by atoms with Gasteiger partial charge in [-0.1, -0.05) is 146 Å². The van der Waals surface area contributed by atoms with Crippen molar-refractivity contribution in [3.8, 4) is 0 Å². The summed E-state index contributed by atoms with van der Waals surface area (Å²) < 4.78 is 22.1. The van der Waals surface area contributed by atoms with Crippen molar-refractivity contribution < 1.29 is 49.0 Å². The molecule has 0 aliphatic carbocycles. The highest BCUT2D eigenvalue weighted by atomic mass is 16.7. The summed E-state index contributed by atoms with van der Waals surface area (Å²) in [6.07, 6.45) is 36.9. The fourth-order valence-corrected chi connectivity index (χ4v) is 6.55. The molecule has 4 N–H and O–H groups in total. The van der Waals surface area contributed by atoms with E-state index in [-0.39, 0.29) is 26.1 Å². The summed E-state index contributed by atoms with van der Waals surface area (Å²) in [5, 5.41) is 40.1. The minimum atomic E-state index is -1.60. The minimum absolute atomic E-state index is 0.204. The van der Waals surface area contributed by atoms with Crippen LogP contribution < -0.4 is 0 Å². The average molecular weight is 807 g/mol. The highest BCUT2D eigenvalue weighted by Gasteiger charge is 2.44. The molecule has 57 heavy (non-hydrogen) atoms. The zero-order chi connectivity index (χ0) is 41.6. The molecule has 0 spiro atoms. The van der Waals surface area contributed by atoms with Gasteiger partial charge in [-0.25, -0.2) is 0 Å². The summed E-state index contributed by atoms with van der Waals surface area (Å²) >= 11 is 0. The van der Waals surface area contributed by atoms with Crippen LogP contribution in [0.5, 0.6) is 0 Å². The van der Waals surface area contributed by atoms with Gasteiger partial charge in [0, 0.05) is 12.8 Å². The van der Waals surface area contributed by atoms with Crippen molar-refractivity contribution in [3.05, 3.63) is 48.6 Å². The lowest BCUT2D eigenvalue weighted by atomic mass is 9.99. The van der Waals surface area contributed by atoms with Crippen LogP contribution in [0.1, 0.15) is 181 Å². The summed E-state index contributed by atoms with van der Waals surface area (Å²) in [7, 11) is 0. The van der Waals surface area contributed by atoms with Gasteiger partial charge in [-0.05, 0) is 70.6 Å². The maximum atomic E-state index is 12.8. The Labute approximate surface area is 346 Å². The molecule has 0 aromatic rings. The predicted octanol–water partition coefficient (Wildman–Crippen LogP) is 9.67. The lowest BCUT2D eigenvalue weighted by Gasteiger charge is -2.39. The second-order valence-corrected chi connectivity index (χ2v) is 15.5. The maximum absolute atomic E-state index is 12.8. The van der Waals surface area contributed by atoms with E-state index in [2.05, 4.69) is 62.5 Å². The number of hydrogen-bond donors (Lipinski definition) is 4. The van der Waals surface area contributed by atoms with Crippen LogP contribution in [0.15, 0.2) is 48.6 Å². The van der Waals surface area contributed by atoms with Crippen LogP contribution in [-0.4, -0.2) is 89.0 Å². The minimum Gasteiger partial charge on any atom is -0.462 e. The molecule has 0 amide bonds. The standard InChI is InChI=1S/C47H82O10/c1-3-5-7-9-11-13-15-17-19-20-22-23-25-27-29-31-33-35-42(49)54-38-40(39-55-47-46(53)45(52)44(51)41(37-48)57-47)56-43(50)36-34-32-30-28-26-24-21-18-16-14-12-10-8-6-4-2/h12,14,18,21-23,27,29,40-41,44-48,51-53H,3-11,13,15-17,19-20,24-26,28,30-39H2,1-2H3/b14-12+,21-18+,23-22+,29-27+/t40-,41-,44+,45?,46?,47-/m0/s1. The van der Waals surface area contributed by atoms with Crippen LogP contribution in [0.3, 0.4) is 0 Å². The topological polar surface area (TPSA) is 152 Å². The van der Waals surface area contributed by atoms with E-state index >= 15 is 0 Å². The van der Waals surface area contributed by atoms with Gasteiger partial charge in [0.2, 0.25) is 0 Å². The zero-order valence-electron chi connectivity index (χ0n) is 35.8. The smallest absolute Gasteiger partial charge is 0.306 e. The van der Waals surface area contributed by atoms with Crippen LogP contribution in [0.25, 0.3) is 0 Å². The Morgan fingerprint density at radius 1 is 0.544 bits per heavy atom. The molecule has 1 aliphatic heterocycles. The highest BCUT2D eigenvalue weighted by molar-refractivity contribution is 5.70. The number of rotatable bonds is 37. The van der Waals surface area contributed by atoms with E-state index in [0.717, 1.165) is 64.2 Å². The molecular formula is C47H82O10. The van der Waals surface area contributed by atoms with Crippen molar-refractivity contribution in [1.29, 1.82) is 0 Å². The average Bonchev–Trinajstić information content (AvgIpc) is 3.21. The highest BCUT2D eigenvalue weighted by Crippen LogP contribution is 2.22. The number of esters is 2. The molecule has 2 unspecified atom stereocenters. The van der Waals surface area contributed by atoms with Gasteiger partial charge >= 0.3 is 11.9 Å². The van der Waals surface area contributed by atoms with E-state index in [0.29, 0.717) is 12.8 Å². The van der Waals surface area contributed by atoms with E-state index in [4.69, 9.17) is 18.9 Å². The predicted molar refractivity (Wildman–Crippen MR) is 229 cm³/mol. The summed E-state index contributed by atoms with van der Waals surface area (Å²) in [4.78, 5) is 25.3. The molecule has 1 fully saturated rings. The molecule has 1 aliphatic rings. The van der Waals surface area contributed by atoms with Crippen molar-refractivity contribution >= 4 is 11.9 Å². The number of aliphatic hydroxyl groups excluding tert-OH is 4. The Morgan fingerprint density at radius 2 is 1.00 bits per heavy atom. The number of allylic oxidation sites excluding steroid dienone is 8. The third-order valence-corrected chi connectivity index (χ3v) is 10.2. The Balaban J connectivity index is 2.37. The number of ether oxygens (including phenoxy) is 4. The molecule has 0 bridgehead atoms. The molecule has 330 valence electrons. The van der Waals surface area contributed by atoms with Gasteiger partial charge in [0.25, 0.3) is 0 Å². The van der Waals surface area contributed by atoms with Crippen molar-refractivity contribution in [1.82, 2.24) is 0 Å². The van der Waals surface area contributed by atoms with Gasteiger partial charge < -0.3 is 39.4 Å². The zero-order valence-corrected chi connectivity index (χ0v) is 35.8. The maximum Gasteiger partial charge on any atom is 0.306 e. The Kier molecular flexibility index (Phi) is 35.0. The van der Waals surface area contributed by atoms with Crippen LogP contribution in [0.2, 0.25) is 0 Å². The van der Waals surface area contributed by atoms with Crippen LogP contribution in [-0.2, 0) is 28.5 Å². The van der Waals surface area contributed by atoms with Crippen molar-refractivity contribution in [2.75, 3.05) is 19.8 Å². The summed E-state index contributed by atoms with van der Waals surface area (Å²) in [5.41, 5.74) is 0. The van der Waals surface area contributed by atoms with E-state index in [9.17, 15) is 30.0 Å². The molecule has 0 aromatic heterocycles. The van der Waals surface area contributed by atoms with Gasteiger partial charge in [-0.2, -0.15) is 0 Å². The van der Waals surface area contributed by atoms with Gasteiger partial charge in [0.15, 0.2) is 12.4 Å². The van der Waals surface area contributed by atoms with Crippen molar-refractivity contribution in [2.45, 2.75) is 218 Å². The summed E-state index contributed by atoms with van der Waals surface area (Å²) in [6.45, 7) is 3.34. The molecule has 10 nitrogen and oxygen atoms in total. The number of carbonyl (C=O) groups is 2. The molecule has 1 saturated heterocycles. The number of carbonyl (C=O) groups excluding carboxylic acids is 2. The third kappa shape index (κ3) is 29.5. The lowest BCUT2D eigenvalue weighted by molar-refractivity contribution is -0.305. The molecule has 0 aromatic carbocycles. The summed E-state index contributed by atoms with van der Waals surface area (Å²) in [6, 6.07) is 0. The normalized spacial score (nSPS) is 20.7. The molecule has 0 radical (unpaired) electrons. The van der Waals surface area contributed by atoms with E-state index in [1.54, 1.807) is 0 Å². The van der Waals surface area contributed by atoms with Crippen LogP contribution in [0, 0.1) is 0 Å². The largest absolute Gasteiger partial charge is 0.462 e. The van der Waals surface area contributed by atoms with Gasteiger partial charge in [0.1, 0.15) is 31.0 Å². The second-order valence-electron chi connectivity index (χ2n) is 15.5. The Bertz CT molecular complexity index is 1070. The first-order chi connectivity index (χ1) is 27.8. The molecular weight excluding hydrogens is 725 g/mol.